The molecule has 1 saturated heterocycles. The van der Waals surface area contributed by atoms with E-state index in [0.717, 1.165) is 48.4 Å². The number of nitrogens with zero attached hydrogens (tertiary/aromatic N) is 3. The Balaban J connectivity index is 1.46. The number of fused-ring (bicyclic) bond motifs is 2. The Morgan fingerprint density at radius 2 is 2.12 bits per heavy atom. The number of hydrogen-bond acceptors (Lipinski definition) is 5. The number of hydrogen-bond donors (Lipinski definition) is 1. The molecule has 1 N–H and O–H groups in total. The van der Waals surface area contributed by atoms with Gasteiger partial charge in [-0.3, -0.25) is 9.47 Å². The summed E-state index contributed by atoms with van der Waals surface area (Å²) in [5.41, 5.74) is 5.76. The van der Waals surface area contributed by atoms with E-state index < -0.39 is 0 Å². The maximum absolute atomic E-state index is 11.8. The molecule has 1 aliphatic heterocycles. The molecule has 4 aromatic rings. The molecule has 2 aromatic heterocycles. The zero-order chi connectivity index (χ0) is 22.1. The third kappa shape index (κ3) is 3.78. The van der Waals surface area contributed by atoms with Gasteiger partial charge in [0.05, 0.1) is 30.3 Å². The standard InChI is InChI=1S/C25H28N4O3/c1-31-11-10-28-9-3-4-19(28)12-18-15-26-22-7-6-20(14-21(18)22)29-16-27-23-13-17(25(30)32-2)5-8-24(23)29/h5-8,13-16,19,26H,3-4,9-12H2,1-2H3. The molecular weight excluding hydrogens is 404 g/mol. The van der Waals surface area contributed by atoms with Gasteiger partial charge in [-0.15, -0.1) is 0 Å². The first-order chi connectivity index (χ1) is 15.7. The van der Waals surface area contributed by atoms with Crippen molar-refractivity contribution in [3.05, 3.63) is 60.0 Å². The topological polar surface area (TPSA) is 72.4 Å². The number of carbonyl (C=O) groups is 1. The first kappa shape index (κ1) is 20.7. The second-order valence-electron chi connectivity index (χ2n) is 8.38. The van der Waals surface area contributed by atoms with E-state index in [1.165, 1.54) is 30.9 Å². The highest BCUT2D eigenvalue weighted by Gasteiger charge is 2.25. The summed E-state index contributed by atoms with van der Waals surface area (Å²) in [6.07, 6.45) is 7.46. The maximum Gasteiger partial charge on any atom is 0.337 e. The van der Waals surface area contributed by atoms with Crippen LogP contribution in [-0.2, 0) is 15.9 Å². The van der Waals surface area contributed by atoms with Gasteiger partial charge in [0.1, 0.15) is 6.33 Å². The highest BCUT2D eigenvalue weighted by Crippen LogP contribution is 2.28. The quantitative estimate of drug-likeness (QED) is 0.448. The van der Waals surface area contributed by atoms with Crippen LogP contribution >= 0.6 is 0 Å². The van der Waals surface area contributed by atoms with Gasteiger partial charge in [-0.25, -0.2) is 9.78 Å². The van der Waals surface area contributed by atoms with Crippen molar-refractivity contribution in [2.24, 2.45) is 0 Å². The number of nitrogens with one attached hydrogen (secondary N) is 1. The number of likely N-dealkylation sites (tertiary alicyclic amines) is 1. The van der Waals surface area contributed by atoms with Crippen molar-refractivity contribution in [2.75, 3.05) is 33.9 Å². The molecule has 166 valence electrons. The number of ether oxygens (including phenoxy) is 2. The number of benzene rings is 2. The monoisotopic (exact) mass is 432 g/mol. The Morgan fingerprint density at radius 1 is 1.22 bits per heavy atom. The van der Waals surface area contributed by atoms with Gasteiger partial charge >= 0.3 is 5.97 Å². The fourth-order valence-electron chi connectivity index (χ4n) is 4.83. The zero-order valence-electron chi connectivity index (χ0n) is 18.5. The number of esters is 1. The summed E-state index contributed by atoms with van der Waals surface area (Å²) in [4.78, 5) is 22.3. The number of aromatic nitrogens is 3. The van der Waals surface area contributed by atoms with Crippen molar-refractivity contribution in [1.29, 1.82) is 0 Å². The summed E-state index contributed by atoms with van der Waals surface area (Å²) in [6.45, 7) is 2.92. The molecular formula is C25H28N4O3. The van der Waals surface area contributed by atoms with Crippen molar-refractivity contribution in [3.63, 3.8) is 0 Å². The molecule has 0 amide bonds. The third-order valence-corrected chi connectivity index (χ3v) is 6.53. The molecule has 3 heterocycles. The van der Waals surface area contributed by atoms with Gasteiger partial charge in [-0.1, -0.05) is 0 Å². The van der Waals surface area contributed by atoms with E-state index in [2.05, 4.69) is 43.8 Å². The highest BCUT2D eigenvalue weighted by molar-refractivity contribution is 5.94. The lowest BCUT2D eigenvalue weighted by Gasteiger charge is -2.23. The van der Waals surface area contributed by atoms with Crippen molar-refractivity contribution in [2.45, 2.75) is 25.3 Å². The number of carbonyl (C=O) groups excluding carboxylic acids is 1. The van der Waals surface area contributed by atoms with Crippen LogP contribution in [0.5, 0.6) is 0 Å². The van der Waals surface area contributed by atoms with E-state index in [-0.39, 0.29) is 5.97 Å². The average Bonchev–Trinajstić information content (AvgIpc) is 3.55. The first-order valence-electron chi connectivity index (χ1n) is 11.1. The fraction of sp³-hybridized carbons (Fsp3) is 0.360. The Labute approximate surface area is 186 Å². The minimum absolute atomic E-state index is 0.355. The number of rotatable bonds is 7. The lowest BCUT2D eigenvalue weighted by atomic mass is 10.0. The summed E-state index contributed by atoms with van der Waals surface area (Å²) in [6, 6.07) is 12.5. The molecule has 0 radical (unpaired) electrons. The van der Waals surface area contributed by atoms with E-state index in [4.69, 9.17) is 9.47 Å². The molecule has 0 spiro atoms. The van der Waals surface area contributed by atoms with Gasteiger partial charge in [-0.05, 0) is 67.8 Å². The molecule has 1 aliphatic rings. The number of methoxy groups -OCH3 is 2. The van der Waals surface area contributed by atoms with E-state index >= 15 is 0 Å². The van der Waals surface area contributed by atoms with Gasteiger partial charge in [0, 0.05) is 42.5 Å². The Morgan fingerprint density at radius 3 is 2.97 bits per heavy atom. The molecule has 5 rings (SSSR count). The van der Waals surface area contributed by atoms with Crippen LogP contribution in [-0.4, -0.2) is 65.4 Å². The van der Waals surface area contributed by atoms with E-state index in [1.807, 2.05) is 12.4 Å². The lowest BCUT2D eigenvalue weighted by molar-refractivity contribution is 0.0601. The van der Waals surface area contributed by atoms with E-state index in [0.29, 0.717) is 11.6 Å². The minimum Gasteiger partial charge on any atom is -0.465 e. The zero-order valence-corrected chi connectivity index (χ0v) is 18.5. The molecule has 0 saturated carbocycles. The molecule has 1 fully saturated rings. The van der Waals surface area contributed by atoms with Crippen LogP contribution in [0.4, 0.5) is 0 Å². The molecule has 1 atom stereocenters. The molecule has 32 heavy (non-hydrogen) atoms. The van der Waals surface area contributed by atoms with Crippen LogP contribution in [0.1, 0.15) is 28.8 Å². The Kier molecular flexibility index (Phi) is 5.68. The highest BCUT2D eigenvalue weighted by atomic mass is 16.5. The van der Waals surface area contributed by atoms with Crippen molar-refractivity contribution in [1.82, 2.24) is 19.4 Å². The normalized spacial score (nSPS) is 16.9. The molecule has 7 nitrogen and oxygen atoms in total. The van der Waals surface area contributed by atoms with Crippen LogP contribution in [0.3, 0.4) is 0 Å². The molecule has 2 aromatic carbocycles. The van der Waals surface area contributed by atoms with Gasteiger partial charge < -0.3 is 14.5 Å². The molecule has 0 aliphatic carbocycles. The summed E-state index contributed by atoms with van der Waals surface area (Å²) >= 11 is 0. The van der Waals surface area contributed by atoms with Gasteiger partial charge in [0.15, 0.2) is 0 Å². The molecule has 7 heteroatoms. The van der Waals surface area contributed by atoms with Crippen LogP contribution in [0.2, 0.25) is 0 Å². The van der Waals surface area contributed by atoms with Gasteiger partial charge in [0.25, 0.3) is 0 Å². The predicted molar refractivity (Wildman–Crippen MR) is 124 cm³/mol. The number of imidazole rings is 1. The van der Waals surface area contributed by atoms with Crippen LogP contribution in [0.25, 0.3) is 27.6 Å². The van der Waals surface area contributed by atoms with Crippen LogP contribution < -0.4 is 0 Å². The summed E-state index contributed by atoms with van der Waals surface area (Å²) in [5.74, 6) is -0.355. The molecule has 1 unspecified atom stereocenters. The molecule has 0 bridgehead atoms. The second kappa shape index (κ2) is 8.76. The summed E-state index contributed by atoms with van der Waals surface area (Å²) in [5, 5.41) is 1.24. The Bertz CT molecular complexity index is 1260. The maximum atomic E-state index is 11.8. The van der Waals surface area contributed by atoms with Crippen LogP contribution in [0.15, 0.2) is 48.9 Å². The summed E-state index contributed by atoms with van der Waals surface area (Å²) in [7, 11) is 3.15. The smallest absolute Gasteiger partial charge is 0.337 e. The average molecular weight is 433 g/mol. The van der Waals surface area contributed by atoms with Gasteiger partial charge in [0.2, 0.25) is 0 Å². The van der Waals surface area contributed by atoms with Crippen molar-refractivity contribution >= 4 is 27.9 Å². The fourth-order valence-corrected chi connectivity index (χ4v) is 4.83. The number of aromatic amines is 1. The first-order valence-corrected chi connectivity index (χ1v) is 11.1. The van der Waals surface area contributed by atoms with E-state index in [1.54, 1.807) is 19.2 Å². The largest absolute Gasteiger partial charge is 0.465 e. The van der Waals surface area contributed by atoms with Crippen molar-refractivity contribution < 1.29 is 14.3 Å². The predicted octanol–water partition coefficient (Wildman–Crippen LogP) is 3.95. The second-order valence-corrected chi connectivity index (χ2v) is 8.38. The minimum atomic E-state index is -0.355. The van der Waals surface area contributed by atoms with Crippen LogP contribution in [0, 0.1) is 0 Å². The van der Waals surface area contributed by atoms with E-state index in [9.17, 15) is 4.79 Å². The Hall–Kier alpha value is -3.16. The van der Waals surface area contributed by atoms with Gasteiger partial charge in [-0.2, -0.15) is 0 Å². The summed E-state index contributed by atoms with van der Waals surface area (Å²) < 4.78 is 12.2. The number of H-pyrrole nitrogens is 1. The van der Waals surface area contributed by atoms with Crippen molar-refractivity contribution in [3.8, 4) is 5.69 Å². The third-order valence-electron chi connectivity index (χ3n) is 6.53. The lowest BCUT2D eigenvalue weighted by Crippen LogP contribution is -2.33. The SMILES string of the molecule is COCCN1CCCC1Cc1c[nH]c2ccc(-n3cnc4cc(C(=O)OC)ccc43)cc12.